The average molecular weight is 801 g/mol. The summed E-state index contributed by atoms with van der Waals surface area (Å²) in [6, 6.07) is 0. The third-order valence-corrected chi connectivity index (χ3v) is 12.9. The second-order valence-corrected chi connectivity index (χ2v) is 18.8. The molecule has 0 aromatic heterocycles. The van der Waals surface area contributed by atoms with Crippen LogP contribution in [0.2, 0.25) is 0 Å². The smallest absolute Gasteiger partial charge is 0.305 e. The van der Waals surface area contributed by atoms with Crippen molar-refractivity contribution < 1.29 is 9.53 Å². The third kappa shape index (κ3) is 51.3. The van der Waals surface area contributed by atoms with Gasteiger partial charge in [0.2, 0.25) is 0 Å². The molecule has 0 spiro atoms. The molecule has 0 heterocycles. The number of ether oxygens (including phenoxy) is 1. The van der Waals surface area contributed by atoms with Crippen LogP contribution >= 0.6 is 0 Å². The van der Waals surface area contributed by atoms with E-state index >= 15 is 0 Å². The van der Waals surface area contributed by atoms with Crippen molar-refractivity contribution in [2.75, 3.05) is 6.61 Å². The predicted octanol–water partition coefficient (Wildman–Crippen LogP) is 20.1. The lowest BCUT2D eigenvalue weighted by Gasteiger charge is -2.07. The summed E-state index contributed by atoms with van der Waals surface area (Å²) in [5.41, 5.74) is 0. The molecule has 0 aromatic carbocycles. The fourth-order valence-corrected chi connectivity index (χ4v) is 8.52. The number of carbonyl (C=O) groups excluding carboxylic acids is 1. The summed E-state index contributed by atoms with van der Waals surface area (Å²) >= 11 is 0. The first-order chi connectivity index (χ1) is 28.2. The average Bonchev–Trinajstić information content (AvgIpc) is 3.22. The van der Waals surface area contributed by atoms with Gasteiger partial charge >= 0.3 is 5.97 Å². The molecule has 2 heteroatoms. The van der Waals surface area contributed by atoms with Crippen LogP contribution in [0.25, 0.3) is 0 Å². The fourth-order valence-electron chi connectivity index (χ4n) is 8.52. The molecular formula is C55H108O2. The van der Waals surface area contributed by atoms with Crippen LogP contribution in [-0.4, -0.2) is 12.6 Å². The first kappa shape index (κ1) is 56.2. The second-order valence-electron chi connectivity index (χ2n) is 18.8. The van der Waals surface area contributed by atoms with Crippen LogP contribution in [0.4, 0.5) is 0 Å². The Labute approximate surface area is 361 Å². The van der Waals surface area contributed by atoms with E-state index < -0.39 is 0 Å². The minimum Gasteiger partial charge on any atom is -0.466 e. The summed E-state index contributed by atoms with van der Waals surface area (Å²) in [7, 11) is 0. The third-order valence-electron chi connectivity index (χ3n) is 12.9. The molecule has 340 valence electrons. The van der Waals surface area contributed by atoms with E-state index in [4.69, 9.17) is 4.74 Å². The Bertz CT molecular complexity index is 758. The molecule has 0 aliphatic carbocycles. The summed E-state index contributed by atoms with van der Waals surface area (Å²) in [6.45, 7) is 7.63. The van der Waals surface area contributed by atoms with Crippen molar-refractivity contribution in [1.29, 1.82) is 0 Å². The summed E-state index contributed by atoms with van der Waals surface area (Å²) in [4.78, 5) is 12.0. The monoisotopic (exact) mass is 801 g/mol. The molecule has 1 atom stereocenters. The molecule has 0 saturated carbocycles. The van der Waals surface area contributed by atoms with E-state index in [1.807, 2.05) is 0 Å². The highest BCUT2D eigenvalue weighted by Crippen LogP contribution is 2.18. The Hall–Kier alpha value is -0.790. The van der Waals surface area contributed by atoms with Crippen molar-refractivity contribution in [3.63, 3.8) is 0 Å². The van der Waals surface area contributed by atoms with Crippen molar-refractivity contribution >= 4 is 5.97 Å². The van der Waals surface area contributed by atoms with Crippen LogP contribution in [0.15, 0.2) is 12.2 Å². The summed E-state index contributed by atoms with van der Waals surface area (Å²) in [5.74, 6) is 0.961. The Morgan fingerprint density at radius 1 is 0.368 bits per heavy atom. The Kier molecular flexibility index (Phi) is 50.6. The van der Waals surface area contributed by atoms with Crippen LogP contribution in [0.5, 0.6) is 0 Å². The van der Waals surface area contributed by atoms with E-state index in [9.17, 15) is 4.79 Å². The number of esters is 1. The lowest BCUT2D eigenvalue weighted by atomic mass is 9.99. The highest BCUT2D eigenvalue weighted by molar-refractivity contribution is 5.69. The Morgan fingerprint density at radius 3 is 0.982 bits per heavy atom. The maximum absolute atomic E-state index is 12.0. The number of carbonyl (C=O) groups is 1. The van der Waals surface area contributed by atoms with Crippen molar-refractivity contribution in [3.8, 4) is 0 Å². The number of unbranched alkanes of at least 4 members (excludes halogenated alkanes) is 41. The maximum Gasteiger partial charge on any atom is 0.305 e. The van der Waals surface area contributed by atoms with Crippen LogP contribution < -0.4 is 0 Å². The molecular weight excluding hydrogens is 693 g/mol. The van der Waals surface area contributed by atoms with E-state index in [-0.39, 0.29) is 5.97 Å². The van der Waals surface area contributed by atoms with Gasteiger partial charge in [-0.25, -0.2) is 0 Å². The van der Waals surface area contributed by atoms with Gasteiger partial charge in [0, 0.05) is 6.42 Å². The zero-order valence-corrected chi connectivity index (χ0v) is 40.0. The molecule has 0 aliphatic rings. The van der Waals surface area contributed by atoms with Gasteiger partial charge in [0.15, 0.2) is 0 Å². The summed E-state index contributed by atoms with van der Waals surface area (Å²) < 4.78 is 5.47. The van der Waals surface area contributed by atoms with Crippen molar-refractivity contribution in [3.05, 3.63) is 12.2 Å². The van der Waals surface area contributed by atoms with E-state index in [1.165, 1.54) is 276 Å². The second kappa shape index (κ2) is 51.4. The minimum atomic E-state index is 0.0206. The van der Waals surface area contributed by atoms with E-state index in [2.05, 4.69) is 32.9 Å². The number of allylic oxidation sites excluding steroid dienone is 2. The first-order valence-corrected chi connectivity index (χ1v) is 27.0. The minimum absolute atomic E-state index is 0.0206. The van der Waals surface area contributed by atoms with Crippen molar-refractivity contribution in [2.45, 2.75) is 323 Å². The quantitative estimate of drug-likeness (QED) is 0.0348. The Balaban J connectivity index is 3.14. The van der Waals surface area contributed by atoms with Gasteiger partial charge in [-0.1, -0.05) is 290 Å². The van der Waals surface area contributed by atoms with E-state index in [0.717, 1.165) is 25.2 Å². The van der Waals surface area contributed by atoms with Gasteiger partial charge in [-0.2, -0.15) is 0 Å². The first-order valence-electron chi connectivity index (χ1n) is 27.0. The summed E-state index contributed by atoms with van der Waals surface area (Å²) in [5, 5.41) is 0. The standard InChI is InChI=1S/C55H108O2/c1-4-6-7-8-9-10-11-33-37-40-43-46-49-52-55(56)57-53-50-47-44-41-38-35-32-30-28-26-24-22-20-18-16-14-12-13-15-17-19-21-23-25-27-29-31-34-36-39-42-45-48-51-54(3)5-2/h10-11,54H,4-9,12-53H2,1-3H3/b11-10-. The zero-order valence-electron chi connectivity index (χ0n) is 40.0. The lowest BCUT2D eigenvalue weighted by molar-refractivity contribution is -0.143. The number of hydrogen-bond acceptors (Lipinski definition) is 2. The van der Waals surface area contributed by atoms with Crippen LogP contribution in [0, 0.1) is 5.92 Å². The van der Waals surface area contributed by atoms with Gasteiger partial charge in [0.05, 0.1) is 6.61 Å². The molecule has 0 saturated heterocycles. The van der Waals surface area contributed by atoms with Gasteiger partial charge in [-0.15, -0.1) is 0 Å². The van der Waals surface area contributed by atoms with Crippen LogP contribution in [0.1, 0.15) is 323 Å². The fraction of sp³-hybridized carbons (Fsp3) is 0.945. The van der Waals surface area contributed by atoms with E-state index in [0.29, 0.717) is 13.0 Å². The largest absolute Gasteiger partial charge is 0.466 e. The van der Waals surface area contributed by atoms with Crippen molar-refractivity contribution in [1.82, 2.24) is 0 Å². The predicted molar refractivity (Wildman–Crippen MR) is 258 cm³/mol. The normalized spacial score (nSPS) is 12.3. The molecule has 0 bridgehead atoms. The van der Waals surface area contributed by atoms with Gasteiger partial charge in [0.1, 0.15) is 0 Å². The maximum atomic E-state index is 12.0. The molecule has 57 heavy (non-hydrogen) atoms. The highest BCUT2D eigenvalue weighted by Gasteiger charge is 2.03. The van der Waals surface area contributed by atoms with Crippen LogP contribution in [-0.2, 0) is 9.53 Å². The molecule has 0 radical (unpaired) electrons. The summed E-state index contributed by atoms with van der Waals surface area (Å²) in [6.07, 6.45) is 69.4. The molecule has 2 nitrogen and oxygen atoms in total. The SMILES string of the molecule is CCCCCC/C=C\CCCCCCCC(=O)OCCCCCCCCCCCCCCCCCCCCCCCCCCCCCCCCCCCC(C)CC. The molecule has 0 amide bonds. The molecule has 0 aliphatic heterocycles. The van der Waals surface area contributed by atoms with Crippen molar-refractivity contribution in [2.24, 2.45) is 5.92 Å². The molecule has 0 N–H and O–H groups in total. The van der Waals surface area contributed by atoms with Gasteiger partial charge in [-0.05, 0) is 44.4 Å². The Morgan fingerprint density at radius 2 is 0.649 bits per heavy atom. The molecule has 0 aromatic rings. The highest BCUT2D eigenvalue weighted by atomic mass is 16.5. The number of hydrogen-bond donors (Lipinski definition) is 0. The van der Waals surface area contributed by atoms with Crippen LogP contribution in [0.3, 0.4) is 0 Å². The molecule has 1 unspecified atom stereocenters. The van der Waals surface area contributed by atoms with E-state index in [1.54, 1.807) is 0 Å². The van der Waals surface area contributed by atoms with Gasteiger partial charge < -0.3 is 4.74 Å². The van der Waals surface area contributed by atoms with Gasteiger partial charge in [-0.3, -0.25) is 4.79 Å². The number of rotatable bonds is 50. The lowest BCUT2D eigenvalue weighted by Crippen LogP contribution is -2.05. The zero-order chi connectivity index (χ0) is 41.2. The topological polar surface area (TPSA) is 26.3 Å². The van der Waals surface area contributed by atoms with Gasteiger partial charge in [0.25, 0.3) is 0 Å². The molecule has 0 rings (SSSR count). The molecule has 0 fully saturated rings.